The number of aromatic nitrogens is 6. The number of fused-ring (bicyclic) bond motifs is 1. The first-order valence-corrected chi connectivity index (χ1v) is 12.0. The number of benzene rings is 2. The van der Waals surface area contributed by atoms with Crippen molar-refractivity contribution < 1.29 is 9.42 Å². The summed E-state index contributed by atoms with van der Waals surface area (Å²) in [5.74, 6) is -0.291. The molecular weight excluding hydrogens is 484 g/mol. The summed E-state index contributed by atoms with van der Waals surface area (Å²) in [6, 6.07) is 20.0. The molecule has 0 spiro atoms. The molecule has 1 aliphatic heterocycles. The highest BCUT2D eigenvalue weighted by atomic mass is 16.6. The summed E-state index contributed by atoms with van der Waals surface area (Å²) in [7, 11) is 0. The Hall–Kier alpha value is -5.26. The van der Waals surface area contributed by atoms with Gasteiger partial charge in [-0.1, -0.05) is 35.5 Å². The van der Waals surface area contributed by atoms with Crippen LogP contribution in [0.5, 0.6) is 0 Å². The number of hydrogen-bond acceptors (Lipinski definition) is 9. The number of carbonyl (C=O) groups is 1. The van der Waals surface area contributed by atoms with Crippen LogP contribution < -0.4 is 16.1 Å². The molecule has 0 unspecified atom stereocenters. The third-order valence-electron chi connectivity index (χ3n) is 6.51. The predicted octanol–water partition coefficient (Wildman–Crippen LogP) is 2.74. The molecule has 4 heterocycles. The van der Waals surface area contributed by atoms with E-state index in [1.807, 2.05) is 72.4 Å². The van der Waals surface area contributed by atoms with Crippen LogP contribution in [0, 0.1) is 0 Å². The molecule has 0 saturated carbocycles. The number of para-hydroxylation sites is 1. The molecule has 1 amide bonds. The monoisotopic (exact) mass is 508 g/mol. The van der Waals surface area contributed by atoms with Gasteiger partial charge in [0.1, 0.15) is 0 Å². The maximum atomic E-state index is 13.3. The summed E-state index contributed by atoms with van der Waals surface area (Å²) in [5.41, 5.74) is 14.0. The van der Waals surface area contributed by atoms with E-state index in [0.717, 1.165) is 29.9 Å². The van der Waals surface area contributed by atoms with Crippen molar-refractivity contribution in [1.82, 2.24) is 35.3 Å². The third kappa shape index (κ3) is 4.28. The highest BCUT2D eigenvalue weighted by Gasteiger charge is 2.28. The Balaban J connectivity index is 1.26. The maximum absolute atomic E-state index is 13.3. The second kappa shape index (κ2) is 9.65. The van der Waals surface area contributed by atoms with Gasteiger partial charge in [-0.15, -0.1) is 5.10 Å². The minimum atomic E-state index is -0.503. The zero-order valence-electron chi connectivity index (χ0n) is 20.5. The van der Waals surface area contributed by atoms with Crippen LogP contribution in [0.2, 0.25) is 0 Å². The molecule has 2 aromatic carbocycles. The van der Waals surface area contributed by atoms with Gasteiger partial charge >= 0.3 is 0 Å². The highest BCUT2D eigenvalue weighted by Crippen LogP contribution is 2.30. The quantitative estimate of drug-likeness (QED) is 0.252. The van der Waals surface area contributed by atoms with E-state index in [1.165, 1.54) is 10.2 Å². The first kappa shape index (κ1) is 23.2. The number of amides is 1. The highest BCUT2D eigenvalue weighted by molar-refractivity contribution is 6.00. The number of anilines is 2. The number of carbonyl (C=O) groups excluding carboxylic acids is 1. The molecule has 1 aliphatic rings. The zero-order chi connectivity index (χ0) is 26.1. The zero-order valence-corrected chi connectivity index (χ0v) is 20.5. The van der Waals surface area contributed by atoms with Crippen LogP contribution in [0.25, 0.3) is 11.5 Å². The fourth-order valence-electron chi connectivity index (χ4n) is 4.51. The molecule has 38 heavy (non-hydrogen) atoms. The van der Waals surface area contributed by atoms with Gasteiger partial charge in [0.2, 0.25) is 11.6 Å². The predicted molar refractivity (Wildman–Crippen MR) is 140 cm³/mol. The van der Waals surface area contributed by atoms with E-state index in [0.29, 0.717) is 18.0 Å². The smallest absolute Gasteiger partial charge is 0.293 e. The third-order valence-corrected chi connectivity index (χ3v) is 6.51. The van der Waals surface area contributed by atoms with Crippen LogP contribution in [-0.4, -0.2) is 48.0 Å². The van der Waals surface area contributed by atoms with E-state index in [9.17, 15) is 4.79 Å². The molecule has 190 valence electrons. The van der Waals surface area contributed by atoms with Crippen molar-refractivity contribution in [1.29, 1.82) is 0 Å². The van der Waals surface area contributed by atoms with Crippen LogP contribution in [0.1, 0.15) is 34.2 Å². The number of hydrazone groups is 1. The first-order valence-electron chi connectivity index (χ1n) is 12.0. The second-order valence-electron chi connectivity index (χ2n) is 8.85. The van der Waals surface area contributed by atoms with Crippen molar-refractivity contribution in [2.75, 3.05) is 17.2 Å². The summed E-state index contributed by atoms with van der Waals surface area (Å²) in [6.07, 6.45) is 4.86. The van der Waals surface area contributed by atoms with Gasteiger partial charge in [0.05, 0.1) is 18.0 Å². The fraction of sp³-hybridized carbons (Fsp3) is 0.154. The lowest BCUT2D eigenvalue weighted by Gasteiger charge is -2.19. The lowest BCUT2D eigenvalue weighted by molar-refractivity contribution is 0.0948. The average Bonchev–Trinajstić information content (AvgIpc) is 3.75. The fourth-order valence-corrected chi connectivity index (χ4v) is 4.51. The Morgan fingerprint density at radius 3 is 2.63 bits per heavy atom. The summed E-state index contributed by atoms with van der Waals surface area (Å²) < 4.78 is 8.16. The lowest BCUT2D eigenvalue weighted by atomic mass is 10.1. The van der Waals surface area contributed by atoms with E-state index >= 15 is 0 Å². The van der Waals surface area contributed by atoms with Gasteiger partial charge in [-0.2, -0.15) is 9.78 Å². The molecule has 0 bridgehead atoms. The number of hydrogen-bond donors (Lipinski definition) is 2. The maximum Gasteiger partial charge on any atom is 0.293 e. The Morgan fingerprint density at radius 1 is 1.08 bits per heavy atom. The Bertz CT molecular complexity index is 1620. The molecule has 0 saturated heterocycles. The van der Waals surface area contributed by atoms with Gasteiger partial charge < -0.3 is 15.2 Å². The average molecular weight is 509 g/mol. The molecule has 0 atom stereocenters. The topological polar surface area (TPSA) is 145 Å². The van der Waals surface area contributed by atoms with Crippen molar-refractivity contribution in [3.8, 4) is 11.5 Å². The van der Waals surface area contributed by atoms with Gasteiger partial charge in [0.15, 0.2) is 5.69 Å². The van der Waals surface area contributed by atoms with E-state index in [4.69, 9.17) is 10.4 Å². The van der Waals surface area contributed by atoms with E-state index in [-0.39, 0.29) is 17.3 Å². The van der Waals surface area contributed by atoms with Gasteiger partial charge in [-0.25, -0.2) is 10.1 Å². The second-order valence-corrected chi connectivity index (χ2v) is 8.85. The van der Waals surface area contributed by atoms with Crippen LogP contribution in [0.4, 0.5) is 11.5 Å². The minimum Gasteiger partial charge on any atom is -0.378 e. The Morgan fingerprint density at radius 2 is 1.87 bits per heavy atom. The molecule has 12 nitrogen and oxygen atoms in total. The molecule has 6 rings (SSSR count). The van der Waals surface area contributed by atoms with Gasteiger partial charge in [-0.3, -0.25) is 4.79 Å². The van der Waals surface area contributed by atoms with Gasteiger partial charge in [-0.05, 0) is 65.1 Å². The lowest BCUT2D eigenvalue weighted by Crippen LogP contribution is -2.26. The number of nitrogens with two attached hydrogens (primary N) is 1. The summed E-state index contributed by atoms with van der Waals surface area (Å²) in [5, 5.41) is 20.1. The van der Waals surface area contributed by atoms with E-state index in [2.05, 4.69) is 48.2 Å². The number of rotatable bonds is 7. The normalized spacial score (nSPS) is 13.1. The molecule has 3 aromatic heterocycles. The molecular formula is C26H24N10O2. The van der Waals surface area contributed by atoms with Crippen LogP contribution in [0.15, 0.2) is 82.8 Å². The van der Waals surface area contributed by atoms with Gasteiger partial charge in [0, 0.05) is 30.3 Å². The molecule has 12 heteroatoms. The van der Waals surface area contributed by atoms with Crippen LogP contribution >= 0.6 is 0 Å². The Labute approximate surface area is 217 Å². The summed E-state index contributed by atoms with van der Waals surface area (Å²) in [6.45, 7) is 2.96. The largest absolute Gasteiger partial charge is 0.378 e. The van der Waals surface area contributed by atoms with E-state index < -0.39 is 5.91 Å². The molecule has 0 radical (unpaired) electrons. The van der Waals surface area contributed by atoms with Gasteiger partial charge in [0.25, 0.3) is 5.91 Å². The Kier molecular flexibility index (Phi) is 5.88. The van der Waals surface area contributed by atoms with Crippen molar-refractivity contribution in [2.24, 2.45) is 5.10 Å². The summed E-state index contributed by atoms with van der Waals surface area (Å²) >= 11 is 0. The SMILES string of the molecule is C/C(=N\NC(=O)c1nnn(-c2nonc2N)c1CN1CCc2ccccc21)c1ccc(-n2cccc2)cc1. The number of nitrogens with one attached hydrogen (secondary N) is 1. The number of nitrogen functional groups attached to an aromatic ring is 1. The first-order chi connectivity index (χ1) is 18.6. The van der Waals surface area contributed by atoms with E-state index in [1.54, 1.807) is 0 Å². The molecule has 5 aromatic rings. The summed E-state index contributed by atoms with van der Waals surface area (Å²) in [4.78, 5) is 15.4. The molecule has 3 N–H and O–H groups in total. The van der Waals surface area contributed by atoms with Crippen molar-refractivity contribution in [3.05, 3.63) is 95.6 Å². The van der Waals surface area contributed by atoms with Crippen LogP contribution in [0.3, 0.4) is 0 Å². The van der Waals surface area contributed by atoms with Crippen molar-refractivity contribution in [3.63, 3.8) is 0 Å². The molecule has 0 fully saturated rings. The van der Waals surface area contributed by atoms with Crippen molar-refractivity contribution >= 4 is 23.1 Å². The number of nitrogens with zero attached hydrogens (tertiary/aromatic N) is 8. The standard InChI is InChI=1S/C26H24N10O2/c1-17(18-8-10-20(11-9-18)34-13-4-5-14-34)28-30-26(37)23-22(36(33-29-23)25-24(27)31-38-32-25)16-35-15-12-19-6-2-3-7-21(19)35/h2-11,13-14H,12,15-16H2,1H3,(H2,27,31)(H,30,37)/b28-17+. The molecule has 0 aliphatic carbocycles. The van der Waals surface area contributed by atoms with Crippen LogP contribution in [-0.2, 0) is 13.0 Å². The minimum absolute atomic E-state index is 0.0437. The van der Waals surface area contributed by atoms with Crippen molar-refractivity contribution in [2.45, 2.75) is 19.9 Å².